The highest BCUT2D eigenvalue weighted by Crippen LogP contribution is 2.66. The lowest BCUT2D eigenvalue weighted by Crippen LogP contribution is -2.50. The van der Waals surface area contributed by atoms with Crippen molar-refractivity contribution in [3.05, 3.63) is 23.8 Å². The molecule has 0 aromatic rings. The van der Waals surface area contributed by atoms with E-state index in [0.29, 0.717) is 17.4 Å². The molecule has 36 heavy (non-hydrogen) atoms. The van der Waals surface area contributed by atoms with Crippen LogP contribution in [-0.2, 0) is 14.3 Å². The van der Waals surface area contributed by atoms with Crippen molar-refractivity contribution in [1.29, 1.82) is 0 Å². The molecule has 202 valence electrons. The van der Waals surface area contributed by atoms with Gasteiger partial charge in [0.25, 0.3) is 0 Å². The predicted octanol–water partition coefficient (Wildman–Crippen LogP) is 7.77. The smallest absolute Gasteiger partial charge is 0.311 e. The summed E-state index contributed by atoms with van der Waals surface area (Å²) in [6, 6.07) is 0. The van der Waals surface area contributed by atoms with Crippen LogP contribution < -0.4 is 0 Å². The van der Waals surface area contributed by atoms with Gasteiger partial charge in [0, 0.05) is 0 Å². The Morgan fingerprint density at radius 2 is 1.92 bits per heavy atom. The quantitative estimate of drug-likeness (QED) is 0.137. The molecule has 4 nitrogen and oxygen atoms in total. The molecule has 7 unspecified atom stereocenters. The standard InChI is InChI=1S/C32H50O4/c1-22(2)8-5-6-9-23-12-14-28-27-13-11-24-20-26(36-19-7-10-25(33)21-30(34)35)15-17-32(24,4)29(27)16-18-31(23,28)3/h7,10-11,22-23,26-29H,5-6,8-9,12-21H2,1-4H3,(H,34,35)/b10-7+. The average molecular weight is 499 g/mol. The number of ether oxygens (including phenoxy) is 1. The zero-order valence-corrected chi connectivity index (χ0v) is 23.3. The third-order valence-electron chi connectivity index (χ3n) is 10.9. The third-order valence-corrected chi connectivity index (χ3v) is 10.9. The number of aliphatic carboxylic acids is 1. The van der Waals surface area contributed by atoms with Crippen LogP contribution in [0.25, 0.3) is 0 Å². The minimum Gasteiger partial charge on any atom is -0.481 e. The fourth-order valence-electron chi connectivity index (χ4n) is 8.88. The zero-order valence-electron chi connectivity index (χ0n) is 23.3. The number of rotatable bonds is 11. The van der Waals surface area contributed by atoms with Crippen molar-refractivity contribution in [2.24, 2.45) is 40.4 Å². The largest absolute Gasteiger partial charge is 0.481 e. The molecule has 0 radical (unpaired) electrons. The van der Waals surface area contributed by atoms with Crippen molar-refractivity contribution in [3.63, 3.8) is 0 Å². The summed E-state index contributed by atoms with van der Waals surface area (Å²) in [4.78, 5) is 22.2. The Bertz CT molecular complexity index is 856. The second-order valence-corrected chi connectivity index (χ2v) is 13.4. The van der Waals surface area contributed by atoms with E-state index in [1.807, 2.05) is 0 Å². The highest BCUT2D eigenvalue weighted by molar-refractivity contribution is 6.01. The number of unbranched alkanes of at least 4 members (excludes halogenated alkanes) is 1. The minimum absolute atomic E-state index is 0.204. The van der Waals surface area contributed by atoms with Gasteiger partial charge in [0.15, 0.2) is 5.78 Å². The molecule has 7 atom stereocenters. The van der Waals surface area contributed by atoms with Crippen LogP contribution in [0.4, 0.5) is 0 Å². The number of carbonyl (C=O) groups excluding carboxylic acids is 1. The molecule has 3 saturated carbocycles. The molecule has 0 aromatic carbocycles. The number of carboxylic acids is 1. The SMILES string of the molecule is CC(C)CCCCC1CCC2C3CC=C4CC(OC/C=C/C(=O)CC(=O)O)CCC4(C)C3CCC12C. The fourth-order valence-corrected chi connectivity index (χ4v) is 8.88. The van der Waals surface area contributed by atoms with Gasteiger partial charge < -0.3 is 9.84 Å². The average Bonchev–Trinajstić information content (AvgIpc) is 3.15. The van der Waals surface area contributed by atoms with Gasteiger partial charge in [0.2, 0.25) is 0 Å². The maximum atomic E-state index is 11.5. The monoisotopic (exact) mass is 498 g/mol. The van der Waals surface area contributed by atoms with Crippen LogP contribution in [-0.4, -0.2) is 29.6 Å². The maximum absolute atomic E-state index is 11.5. The lowest BCUT2D eigenvalue weighted by molar-refractivity contribution is -0.139. The minimum atomic E-state index is -1.09. The van der Waals surface area contributed by atoms with Gasteiger partial charge in [-0.3, -0.25) is 9.59 Å². The predicted molar refractivity (Wildman–Crippen MR) is 145 cm³/mol. The summed E-state index contributed by atoms with van der Waals surface area (Å²) >= 11 is 0. The molecule has 4 aliphatic rings. The molecule has 0 saturated heterocycles. The summed E-state index contributed by atoms with van der Waals surface area (Å²) < 4.78 is 6.10. The van der Waals surface area contributed by atoms with E-state index in [0.717, 1.165) is 42.4 Å². The van der Waals surface area contributed by atoms with Gasteiger partial charge in [-0.2, -0.15) is 0 Å². The summed E-state index contributed by atoms with van der Waals surface area (Å²) in [5.41, 5.74) is 2.51. The maximum Gasteiger partial charge on any atom is 0.311 e. The second-order valence-electron chi connectivity index (χ2n) is 13.4. The molecule has 1 N–H and O–H groups in total. The molecule has 0 heterocycles. The van der Waals surface area contributed by atoms with Crippen LogP contribution in [0.2, 0.25) is 0 Å². The summed E-state index contributed by atoms with van der Waals surface area (Å²) in [6.45, 7) is 10.3. The van der Waals surface area contributed by atoms with Crippen LogP contribution in [0.15, 0.2) is 23.8 Å². The van der Waals surface area contributed by atoms with Crippen LogP contribution in [0.3, 0.4) is 0 Å². The van der Waals surface area contributed by atoms with Crippen LogP contribution in [0.5, 0.6) is 0 Å². The molecular weight excluding hydrogens is 448 g/mol. The number of ketones is 1. The van der Waals surface area contributed by atoms with Gasteiger partial charge in [0.1, 0.15) is 6.42 Å². The Morgan fingerprint density at radius 1 is 1.11 bits per heavy atom. The van der Waals surface area contributed by atoms with E-state index in [-0.39, 0.29) is 11.9 Å². The van der Waals surface area contributed by atoms with E-state index >= 15 is 0 Å². The first-order chi connectivity index (χ1) is 17.1. The molecule has 0 spiro atoms. The molecule has 3 fully saturated rings. The molecule has 4 heteroatoms. The fraction of sp³-hybridized carbons (Fsp3) is 0.812. The van der Waals surface area contributed by atoms with Gasteiger partial charge in [-0.25, -0.2) is 0 Å². The van der Waals surface area contributed by atoms with Crippen molar-refractivity contribution >= 4 is 11.8 Å². The molecule has 0 aromatic heterocycles. The van der Waals surface area contributed by atoms with Crippen molar-refractivity contribution < 1.29 is 19.4 Å². The summed E-state index contributed by atoms with van der Waals surface area (Å²) in [6.07, 6.45) is 21.3. The first-order valence-electron chi connectivity index (χ1n) is 14.9. The van der Waals surface area contributed by atoms with Gasteiger partial charge in [-0.05, 0) is 104 Å². The van der Waals surface area contributed by atoms with Crippen molar-refractivity contribution in [1.82, 2.24) is 0 Å². The van der Waals surface area contributed by atoms with Gasteiger partial charge in [-0.1, -0.05) is 64.7 Å². The molecule has 0 amide bonds. The van der Waals surface area contributed by atoms with Crippen molar-refractivity contribution in [3.8, 4) is 0 Å². The van der Waals surface area contributed by atoms with Crippen molar-refractivity contribution in [2.45, 2.75) is 117 Å². The number of hydrogen-bond acceptors (Lipinski definition) is 3. The number of allylic oxidation sites excluding steroid dienone is 2. The van der Waals surface area contributed by atoms with E-state index in [1.165, 1.54) is 70.3 Å². The zero-order chi connectivity index (χ0) is 25.9. The van der Waals surface area contributed by atoms with E-state index in [2.05, 4.69) is 33.8 Å². The lowest BCUT2D eigenvalue weighted by atomic mass is 9.47. The van der Waals surface area contributed by atoms with E-state index in [4.69, 9.17) is 9.84 Å². The molecular formula is C32H50O4. The first kappa shape index (κ1) is 27.6. The molecule has 4 aliphatic carbocycles. The Hall–Kier alpha value is -1.42. The number of fused-ring (bicyclic) bond motifs is 5. The van der Waals surface area contributed by atoms with Gasteiger partial charge >= 0.3 is 5.97 Å². The van der Waals surface area contributed by atoms with E-state index < -0.39 is 12.4 Å². The first-order valence-corrected chi connectivity index (χ1v) is 14.9. The summed E-state index contributed by atoms with van der Waals surface area (Å²) in [7, 11) is 0. The van der Waals surface area contributed by atoms with E-state index in [9.17, 15) is 9.59 Å². The Labute approximate surface area is 219 Å². The van der Waals surface area contributed by atoms with Crippen LogP contribution in [0, 0.1) is 40.4 Å². The van der Waals surface area contributed by atoms with E-state index in [1.54, 1.807) is 11.6 Å². The Balaban J connectivity index is 1.33. The topological polar surface area (TPSA) is 63.6 Å². The summed E-state index contributed by atoms with van der Waals surface area (Å²) in [5.74, 6) is 2.90. The second kappa shape index (κ2) is 11.5. The molecule has 4 rings (SSSR count). The van der Waals surface area contributed by atoms with Crippen LogP contribution in [0.1, 0.15) is 111 Å². The highest BCUT2D eigenvalue weighted by Gasteiger charge is 2.58. The number of carboxylic acid groups (broad SMARTS) is 1. The molecule has 0 aliphatic heterocycles. The Morgan fingerprint density at radius 3 is 2.67 bits per heavy atom. The Kier molecular flexibility index (Phi) is 8.85. The van der Waals surface area contributed by atoms with Gasteiger partial charge in [-0.15, -0.1) is 0 Å². The molecule has 0 bridgehead atoms. The summed E-state index contributed by atoms with van der Waals surface area (Å²) in [5, 5.41) is 8.71. The normalized spacial score (nSPS) is 37.9. The van der Waals surface area contributed by atoms with Gasteiger partial charge in [0.05, 0.1) is 12.7 Å². The number of carbonyl (C=O) groups is 2. The third kappa shape index (κ3) is 5.84. The highest BCUT2D eigenvalue weighted by atomic mass is 16.5. The van der Waals surface area contributed by atoms with Crippen LogP contribution >= 0.6 is 0 Å². The van der Waals surface area contributed by atoms with Crippen molar-refractivity contribution in [2.75, 3.05) is 6.61 Å². The lowest BCUT2D eigenvalue weighted by Gasteiger charge is -2.58. The number of hydrogen-bond donors (Lipinski definition) is 1.